The summed E-state index contributed by atoms with van der Waals surface area (Å²) in [6, 6.07) is 11.5. The van der Waals surface area contributed by atoms with Gasteiger partial charge in [-0.05, 0) is 49.2 Å². The molecule has 0 spiro atoms. The van der Waals surface area contributed by atoms with E-state index in [0.717, 1.165) is 5.65 Å². The minimum Gasteiger partial charge on any atom is -0.365 e. The Labute approximate surface area is 155 Å². The Hall–Kier alpha value is -3.21. The van der Waals surface area contributed by atoms with Gasteiger partial charge in [0.05, 0.1) is 13.2 Å². The third-order valence-electron chi connectivity index (χ3n) is 3.57. The molecule has 138 valence electrons. The van der Waals surface area contributed by atoms with Gasteiger partial charge in [0.15, 0.2) is 0 Å². The van der Waals surface area contributed by atoms with Gasteiger partial charge in [0, 0.05) is 11.8 Å². The average Bonchev–Trinajstić information content (AvgIpc) is 3.03. The third-order valence-corrected chi connectivity index (χ3v) is 3.57. The second-order valence-electron chi connectivity index (χ2n) is 5.54. The van der Waals surface area contributed by atoms with Crippen LogP contribution in [-0.4, -0.2) is 28.5 Å². The molecule has 7 heteroatoms. The molecule has 3 rings (SSSR count). The number of aromatic nitrogens is 2. The highest BCUT2D eigenvalue weighted by Gasteiger charge is 2.11. The van der Waals surface area contributed by atoms with Crippen molar-refractivity contribution in [2.45, 2.75) is 13.5 Å². The summed E-state index contributed by atoms with van der Waals surface area (Å²) < 4.78 is 20.3. The number of pyridine rings is 1. The quantitative estimate of drug-likeness (QED) is 0.537. The molecule has 0 aliphatic rings. The lowest BCUT2D eigenvalue weighted by Crippen LogP contribution is -2.27. The molecule has 0 saturated carbocycles. The molecule has 0 radical (unpaired) electrons. The Morgan fingerprint density at radius 3 is 2.81 bits per heavy atom. The van der Waals surface area contributed by atoms with Gasteiger partial charge in [-0.1, -0.05) is 12.0 Å². The fourth-order valence-corrected chi connectivity index (χ4v) is 2.36. The minimum atomic E-state index is -0.375. The molecule has 0 aliphatic carbocycles. The fraction of sp³-hybridized carbons (Fsp3) is 0.200. The number of nitrogens with zero attached hydrogens (tertiary/aromatic N) is 2. The summed E-state index contributed by atoms with van der Waals surface area (Å²) >= 11 is 0. The number of nitrogens with one attached hydrogen (secondary N) is 1. The molecule has 1 N–H and O–H groups in total. The molecule has 0 atom stereocenters. The van der Waals surface area contributed by atoms with E-state index in [0.29, 0.717) is 23.6 Å². The Kier molecular flexibility index (Phi) is 6.15. The van der Waals surface area contributed by atoms with Crippen LogP contribution in [0.2, 0.25) is 0 Å². The summed E-state index contributed by atoms with van der Waals surface area (Å²) in [5, 5.41) is 0. The Bertz CT molecular complexity index is 987. The van der Waals surface area contributed by atoms with Crippen molar-refractivity contribution in [3.63, 3.8) is 0 Å². The average molecular weight is 367 g/mol. The molecule has 2 aromatic heterocycles. The van der Waals surface area contributed by atoms with Gasteiger partial charge in [-0.25, -0.2) is 14.9 Å². The number of hydrogen-bond donors (Lipinski definition) is 1. The molecule has 3 aromatic rings. The van der Waals surface area contributed by atoms with Crippen LogP contribution in [0.15, 0.2) is 48.7 Å². The topological polar surface area (TPSA) is 64.9 Å². The van der Waals surface area contributed by atoms with E-state index in [9.17, 15) is 9.18 Å². The number of amides is 1. The minimum absolute atomic E-state index is 0.120. The van der Waals surface area contributed by atoms with Crippen LogP contribution < -0.4 is 5.48 Å². The molecular formula is C20H18FN3O3. The van der Waals surface area contributed by atoms with Crippen LogP contribution in [0.1, 0.15) is 23.9 Å². The number of hydrogen-bond acceptors (Lipinski definition) is 4. The molecular weight excluding hydrogens is 349 g/mol. The van der Waals surface area contributed by atoms with E-state index in [4.69, 9.17) is 9.57 Å². The summed E-state index contributed by atoms with van der Waals surface area (Å²) in [7, 11) is 0. The monoisotopic (exact) mass is 367 g/mol. The second-order valence-corrected chi connectivity index (χ2v) is 5.54. The van der Waals surface area contributed by atoms with E-state index < -0.39 is 0 Å². The van der Waals surface area contributed by atoms with E-state index in [1.807, 2.05) is 28.8 Å². The van der Waals surface area contributed by atoms with Gasteiger partial charge in [-0.3, -0.25) is 14.0 Å². The number of rotatable bonds is 6. The zero-order chi connectivity index (χ0) is 19.1. The predicted molar refractivity (Wildman–Crippen MR) is 97.0 cm³/mol. The highest BCUT2D eigenvalue weighted by Crippen LogP contribution is 2.13. The summed E-state index contributed by atoms with van der Waals surface area (Å²) in [6.07, 6.45) is 1.85. The summed E-state index contributed by atoms with van der Waals surface area (Å²) in [4.78, 5) is 20.9. The van der Waals surface area contributed by atoms with Gasteiger partial charge < -0.3 is 4.74 Å². The zero-order valence-electron chi connectivity index (χ0n) is 14.7. The first kappa shape index (κ1) is 18.6. The van der Waals surface area contributed by atoms with Crippen molar-refractivity contribution in [1.82, 2.24) is 14.9 Å². The molecule has 0 bridgehead atoms. The van der Waals surface area contributed by atoms with Crippen LogP contribution >= 0.6 is 0 Å². The molecule has 2 heterocycles. The lowest BCUT2D eigenvalue weighted by atomic mass is 10.2. The summed E-state index contributed by atoms with van der Waals surface area (Å²) in [6.45, 7) is 2.11. The largest absolute Gasteiger partial charge is 0.365 e. The van der Waals surface area contributed by atoms with Crippen molar-refractivity contribution in [3.05, 3.63) is 71.4 Å². The summed E-state index contributed by atoms with van der Waals surface area (Å²) in [5.41, 5.74) is 4.93. The first-order chi connectivity index (χ1) is 13.2. The van der Waals surface area contributed by atoms with Crippen LogP contribution in [0.5, 0.6) is 0 Å². The molecule has 27 heavy (non-hydrogen) atoms. The van der Waals surface area contributed by atoms with Gasteiger partial charge in [0.1, 0.15) is 29.5 Å². The molecule has 1 amide bonds. The Morgan fingerprint density at radius 1 is 1.22 bits per heavy atom. The number of carbonyl (C=O) groups excluding carboxylic acids is 1. The number of imidazole rings is 1. The number of ether oxygens (including phenoxy) is 1. The van der Waals surface area contributed by atoms with Crippen molar-refractivity contribution < 1.29 is 18.8 Å². The van der Waals surface area contributed by atoms with E-state index in [2.05, 4.69) is 22.3 Å². The molecule has 0 saturated heterocycles. The van der Waals surface area contributed by atoms with E-state index in [1.165, 1.54) is 12.1 Å². The van der Waals surface area contributed by atoms with Crippen LogP contribution in [0.4, 0.5) is 4.39 Å². The van der Waals surface area contributed by atoms with Gasteiger partial charge in [-0.2, -0.15) is 0 Å². The molecule has 1 aromatic carbocycles. The Balaban J connectivity index is 1.80. The smallest absolute Gasteiger partial charge is 0.269 e. The maximum Gasteiger partial charge on any atom is 0.269 e. The molecule has 0 fully saturated rings. The zero-order valence-corrected chi connectivity index (χ0v) is 14.7. The SMILES string of the molecule is CCONC(=O)COCc1nc2ccccn2c1C#Cc1ccc(F)cc1. The van der Waals surface area contributed by atoms with E-state index in [1.54, 1.807) is 19.1 Å². The molecule has 0 unspecified atom stereocenters. The van der Waals surface area contributed by atoms with Gasteiger partial charge in [0.25, 0.3) is 5.91 Å². The van der Waals surface area contributed by atoms with Crippen LogP contribution in [0.3, 0.4) is 0 Å². The van der Waals surface area contributed by atoms with Gasteiger partial charge in [-0.15, -0.1) is 0 Å². The maximum absolute atomic E-state index is 13.0. The highest BCUT2D eigenvalue weighted by molar-refractivity contribution is 5.76. The fourth-order valence-electron chi connectivity index (χ4n) is 2.36. The van der Waals surface area contributed by atoms with Crippen molar-refractivity contribution in [2.24, 2.45) is 0 Å². The lowest BCUT2D eigenvalue weighted by Gasteiger charge is -2.04. The maximum atomic E-state index is 13.0. The first-order valence-electron chi connectivity index (χ1n) is 8.39. The predicted octanol–water partition coefficient (Wildman–Crippen LogP) is 2.46. The van der Waals surface area contributed by atoms with Crippen LogP contribution in [0.25, 0.3) is 5.65 Å². The van der Waals surface area contributed by atoms with Gasteiger partial charge >= 0.3 is 0 Å². The number of halogens is 1. The van der Waals surface area contributed by atoms with Gasteiger partial charge in [0.2, 0.25) is 0 Å². The first-order valence-corrected chi connectivity index (χ1v) is 8.39. The lowest BCUT2D eigenvalue weighted by molar-refractivity contribution is -0.138. The standard InChI is InChI=1S/C20H18FN3O3/c1-2-27-23-20(25)14-26-13-17-18(24-12-4-3-5-19(24)22-17)11-8-15-6-9-16(21)10-7-15/h3-7,9-10,12H,2,13-14H2,1H3,(H,23,25). The van der Waals surface area contributed by atoms with E-state index >= 15 is 0 Å². The van der Waals surface area contributed by atoms with Crippen LogP contribution in [-0.2, 0) is 21.0 Å². The van der Waals surface area contributed by atoms with Crippen molar-refractivity contribution >= 4 is 11.6 Å². The number of hydroxylamine groups is 1. The van der Waals surface area contributed by atoms with Crippen LogP contribution in [0, 0.1) is 17.7 Å². The highest BCUT2D eigenvalue weighted by atomic mass is 19.1. The third kappa shape index (κ3) is 4.91. The number of carbonyl (C=O) groups is 1. The number of benzene rings is 1. The summed E-state index contributed by atoms with van der Waals surface area (Å²) in [5.74, 6) is 5.38. The normalized spacial score (nSPS) is 10.4. The molecule has 0 aliphatic heterocycles. The Morgan fingerprint density at radius 2 is 2.04 bits per heavy atom. The van der Waals surface area contributed by atoms with E-state index in [-0.39, 0.29) is 24.9 Å². The van der Waals surface area contributed by atoms with Crippen molar-refractivity contribution in [2.75, 3.05) is 13.2 Å². The molecule has 6 nitrogen and oxygen atoms in total. The number of fused-ring (bicyclic) bond motifs is 1. The van der Waals surface area contributed by atoms with Crippen molar-refractivity contribution in [1.29, 1.82) is 0 Å². The second kappa shape index (κ2) is 8.94. The van der Waals surface area contributed by atoms with Crippen molar-refractivity contribution in [3.8, 4) is 11.8 Å².